The normalized spacial score (nSPS) is 9.69. The number of aromatic nitrogens is 2. The molecule has 8 nitrogen and oxygen atoms in total. The van der Waals surface area contributed by atoms with Gasteiger partial charge in [0.1, 0.15) is 5.82 Å². The molecule has 0 radical (unpaired) electrons. The molecule has 0 amide bonds. The number of rotatable bonds is 4. The van der Waals surface area contributed by atoms with Gasteiger partial charge >= 0.3 is 17.9 Å². The lowest BCUT2D eigenvalue weighted by atomic mass is 10.0. The highest BCUT2D eigenvalue weighted by Gasteiger charge is 2.17. The molecule has 0 spiro atoms. The second-order valence-electron chi connectivity index (χ2n) is 4.98. The van der Waals surface area contributed by atoms with Crippen LogP contribution in [0.1, 0.15) is 31.1 Å². The van der Waals surface area contributed by atoms with Gasteiger partial charge in [-0.15, -0.1) is 0 Å². The van der Waals surface area contributed by atoms with E-state index in [4.69, 9.17) is 15.3 Å². The average Bonchev–Trinajstić information content (AvgIpc) is 3.17. The number of nitrogens with zero attached hydrogens (tertiary/aromatic N) is 1. The van der Waals surface area contributed by atoms with Crippen LogP contribution in [0.25, 0.3) is 11.4 Å². The van der Waals surface area contributed by atoms with Crippen LogP contribution in [0.5, 0.6) is 0 Å². The molecule has 26 heavy (non-hydrogen) atoms. The lowest BCUT2D eigenvalue weighted by Gasteiger charge is -2.02. The fourth-order valence-electron chi connectivity index (χ4n) is 2.06. The largest absolute Gasteiger partial charge is 0.478 e. The van der Waals surface area contributed by atoms with E-state index in [1.54, 1.807) is 6.20 Å². The van der Waals surface area contributed by atoms with Gasteiger partial charge in [-0.3, -0.25) is 0 Å². The van der Waals surface area contributed by atoms with E-state index in [1.807, 2.05) is 36.5 Å². The van der Waals surface area contributed by atoms with Gasteiger partial charge in [-0.05, 0) is 18.2 Å². The molecule has 1 heterocycles. The molecule has 0 atom stereocenters. The molecule has 0 unspecified atom stereocenters. The molecule has 132 valence electrons. The van der Waals surface area contributed by atoms with Crippen LogP contribution in [0.2, 0.25) is 0 Å². The van der Waals surface area contributed by atoms with Crippen molar-refractivity contribution >= 4 is 17.9 Å². The number of carboxylic acids is 3. The molecule has 2 aromatic carbocycles. The van der Waals surface area contributed by atoms with Crippen LogP contribution >= 0.6 is 0 Å². The molecule has 0 saturated carbocycles. The SMILES string of the molecule is O=C(O)c1ccc(C(=O)O)c(C(=O)O)c1.c1ccc(-c2ncc[nH]2)cc1. The Kier molecular flexibility index (Phi) is 5.83. The van der Waals surface area contributed by atoms with Crippen LogP contribution in [0.3, 0.4) is 0 Å². The summed E-state index contributed by atoms with van der Waals surface area (Å²) in [5.41, 5.74) is -0.121. The van der Waals surface area contributed by atoms with Gasteiger partial charge in [-0.2, -0.15) is 0 Å². The summed E-state index contributed by atoms with van der Waals surface area (Å²) in [5, 5.41) is 25.9. The minimum absolute atomic E-state index is 0.266. The van der Waals surface area contributed by atoms with Gasteiger partial charge in [0.05, 0.1) is 16.7 Å². The molecule has 4 N–H and O–H groups in total. The Balaban J connectivity index is 0.000000195. The summed E-state index contributed by atoms with van der Waals surface area (Å²) in [5.74, 6) is -3.28. The van der Waals surface area contributed by atoms with Crippen molar-refractivity contribution in [1.29, 1.82) is 0 Å². The third-order valence-corrected chi connectivity index (χ3v) is 3.27. The van der Waals surface area contributed by atoms with E-state index in [9.17, 15) is 14.4 Å². The van der Waals surface area contributed by atoms with Crippen molar-refractivity contribution in [2.45, 2.75) is 0 Å². The first-order valence-corrected chi connectivity index (χ1v) is 7.29. The average molecular weight is 354 g/mol. The van der Waals surface area contributed by atoms with Crippen LogP contribution in [0.4, 0.5) is 0 Å². The summed E-state index contributed by atoms with van der Waals surface area (Å²) in [4.78, 5) is 38.9. The molecule has 0 aliphatic carbocycles. The minimum Gasteiger partial charge on any atom is -0.478 e. The molecule has 0 bridgehead atoms. The standard InChI is InChI=1S/C9H8N2.C9H6O6/c1-2-4-8(5-3-1)9-10-6-7-11-9;10-7(11)4-1-2-5(8(12)13)6(3-4)9(14)15/h1-7H,(H,10,11);1-3H,(H,10,11)(H,12,13)(H,14,15). The number of carbonyl (C=O) groups is 3. The van der Waals surface area contributed by atoms with Gasteiger partial charge in [0.2, 0.25) is 0 Å². The Labute approximate surface area is 147 Å². The number of nitrogens with one attached hydrogen (secondary N) is 1. The highest BCUT2D eigenvalue weighted by Crippen LogP contribution is 2.13. The van der Waals surface area contributed by atoms with Crippen LogP contribution in [0, 0.1) is 0 Å². The van der Waals surface area contributed by atoms with E-state index in [0.717, 1.165) is 29.6 Å². The van der Waals surface area contributed by atoms with Crippen molar-refractivity contribution in [3.05, 3.63) is 77.6 Å². The third kappa shape index (κ3) is 4.54. The molecule has 0 fully saturated rings. The minimum atomic E-state index is -1.48. The van der Waals surface area contributed by atoms with Crippen molar-refractivity contribution in [3.63, 3.8) is 0 Å². The number of imidazole rings is 1. The quantitative estimate of drug-likeness (QED) is 0.564. The molecule has 3 rings (SSSR count). The van der Waals surface area contributed by atoms with Gasteiger partial charge in [-0.25, -0.2) is 19.4 Å². The second-order valence-corrected chi connectivity index (χ2v) is 4.98. The Morgan fingerprint density at radius 3 is 1.96 bits per heavy atom. The zero-order chi connectivity index (χ0) is 19.1. The molecular weight excluding hydrogens is 340 g/mol. The Morgan fingerprint density at radius 1 is 0.808 bits per heavy atom. The topological polar surface area (TPSA) is 141 Å². The van der Waals surface area contributed by atoms with Gasteiger partial charge in [0.25, 0.3) is 0 Å². The number of H-pyrrole nitrogens is 1. The van der Waals surface area contributed by atoms with Crippen LogP contribution in [0.15, 0.2) is 60.9 Å². The molecule has 0 aliphatic rings. The predicted octanol–water partition coefficient (Wildman–Crippen LogP) is 2.86. The number of aromatic carboxylic acids is 3. The fourth-order valence-corrected chi connectivity index (χ4v) is 2.06. The van der Waals surface area contributed by atoms with Gasteiger partial charge in [-0.1, -0.05) is 30.3 Å². The van der Waals surface area contributed by atoms with E-state index in [-0.39, 0.29) is 5.56 Å². The number of hydrogen-bond donors (Lipinski definition) is 4. The summed E-state index contributed by atoms with van der Waals surface area (Å²) < 4.78 is 0. The number of aromatic amines is 1. The molecule has 0 saturated heterocycles. The molecule has 3 aromatic rings. The van der Waals surface area contributed by atoms with E-state index >= 15 is 0 Å². The Morgan fingerprint density at radius 2 is 1.46 bits per heavy atom. The van der Waals surface area contributed by atoms with Crippen molar-refractivity contribution in [1.82, 2.24) is 9.97 Å². The van der Waals surface area contributed by atoms with Crippen molar-refractivity contribution < 1.29 is 29.7 Å². The van der Waals surface area contributed by atoms with E-state index in [0.29, 0.717) is 0 Å². The molecule has 0 aliphatic heterocycles. The third-order valence-electron chi connectivity index (χ3n) is 3.27. The van der Waals surface area contributed by atoms with Crippen LogP contribution in [-0.4, -0.2) is 43.2 Å². The smallest absolute Gasteiger partial charge is 0.336 e. The zero-order valence-electron chi connectivity index (χ0n) is 13.3. The maximum absolute atomic E-state index is 10.6. The second kappa shape index (κ2) is 8.25. The number of carboxylic acid groups (broad SMARTS) is 3. The molecule has 8 heteroatoms. The van der Waals surface area contributed by atoms with E-state index < -0.39 is 29.0 Å². The van der Waals surface area contributed by atoms with Gasteiger partial charge in [0.15, 0.2) is 0 Å². The Hall–Kier alpha value is -3.94. The van der Waals surface area contributed by atoms with Crippen molar-refractivity contribution in [3.8, 4) is 11.4 Å². The predicted molar refractivity (Wildman–Crippen MR) is 91.3 cm³/mol. The monoisotopic (exact) mass is 354 g/mol. The lowest BCUT2D eigenvalue weighted by Crippen LogP contribution is -2.10. The van der Waals surface area contributed by atoms with Crippen LogP contribution < -0.4 is 0 Å². The highest BCUT2D eigenvalue weighted by atomic mass is 16.4. The first kappa shape index (κ1) is 18.4. The van der Waals surface area contributed by atoms with Crippen LogP contribution in [-0.2, 0) is 0 Å². The zero-order valence-corrected chi connectivity index (χ0v) is 13.3. The highest BCUT2D eigenvalue weighted by molar-refractivity contribution is 6.03. The van der Waals surface area contributed by atoms with Crippen molar-refractivity contribution in [2.24, 2.45) is 0 Å². The van der Waals surface area contributed by atoms with E-state index in [2.05, 4.69) is 9.97 Å². The number of benzene rings is 2. The lowest BCUT2D eigenvalue weighted by molar-refractivity contribution is 0.0649. The van der Waals surface area contributed by atoms with Crippen molar-refractivity contribution in [2.75, 3.05) is 0 Å². The summed E-state index contributed by atoms with van der Waals surface area (Å²) in [7, 11) is 0. The number of hydrogen-bond acceptors (Lipinski definition) is 4. The first-order valence-electron chi connectivity index (χ1n) is 7.29. The van der Waals surface area contributed by atoms with Gasteiger partial charge < -0.3 is 20.3 Å². The maximum Gasteiger partial charge on any atom is 0.336 e. The molecular formula is C18H14N2O6. The van der Waals surface area contributed by atoms with E-state index in [1.165, 1.54) is 0 Å². The summed E-state index contributed by atoms with van der Waals surface area (Å²) >= 11 is 0. The van der Waals surface area contributed by atoms with Gasteiger partial charge in [0, 0.05) is 18.0 Å². The molecule has 1 aromatic heterocycles. The first-order chi connectivity index (χ1) is 12.4. The maximum atomic E-state index is 10.6. The summed E-state index contributed by atoms with van der Waals surface area (Å²) in [6, 6.07) is 12.8. The fraction of sp³-hybridized carbons (Fsp3) is 0. The summed E-state index contributed by atoms with van der Waals surface area (Å²) in [6.07, 6.45) is 3.57. The summed E-state index contributed by atoms with van der Waals surface area (Å²) in [6.45, 7) is 0. The Bertz CT molecular complexity index is 920.